The molecule has 0 aliphatic carbocycles. The lowest BCUT2D eigenvalue weighted by atomic mass is 10.1. The topological polar surface area (TPSA) is 70.9 Å². The van der Waals surface area contributed by atoms with E-state index < -0.39 is 0 Å². The van der Waals surface area contributed by atoms with Gasteiger partial charge in [0, 0.05) is 16.3 Å². The number of carbonyl (C=O) groups is 1. The van der Waals surface area contributed by atoms with Gasteiger partial charge in [-0.2, -0.15) is 0 Å². The summed E-state index contributed by atoms with van der Waals surface area (Å²) >= 11 is 5.88. The second-order valence-electron chi connectivity index (χ2n) is 5.08. The molecule has 0 aliphatic heterocycles. The molecule has 2 N–H and O–H groups in total. The van der Waals surface area contributed by atoms with Crippen LogP contribution in [0.15, 0.2) is 41.6 Å². The second kappa shape index (κ2) is 7.65. The van der Waals surface area contributed by atoms with E-state index in [-0.39, 0.29) is 12.5 Å². The molecular formula is C17H17ClN2O3. The van der Waals surface area contributed by atoms with E-state index in [9.17, 15) is 4.79 Å². The van der Waals surface area contributed by atoms with Crippen LogP contribution >= 0.6 is 11.6 Å². The lowest BCUT2D eigenvalue weighted by Gasteiger charge is -2.11. The van der Waals surface area contributed by atoms with Crippen molar-refractivity contribution in [3.8, 4) is 5.75 Å². The predicted molar refractivity (Wildman–Crippen MR) is 90.9 cm³/mol. The molecule has 0 aliphatic rings. The number of anilines is 1. The van der Waals surface area contributed by atoms with Gasteiger partial charge in [-0.1, -0.05) is 28.9 Å². The Hall–Kier alpha value is -2.53. The average molecular weight is 333 g/mol. The molecule has 1 amide bonds. The van der Waals surface area contributed by atoms with Gasteiger partial charge in [-0.25, -0.2) is 0 Å². The van der Waals surface area contributed by atoms with Crippen LogP contribution in [0.2, 0.25) is 5.02 Å². The molecule has 2 aromatic rings. The van der Waals surface area contributed by atoms with Crippen molar-refractivity contribution in [1.29, 1.82) is 0 Å². The molecule has 0 fully saturated rings. The zero-order chi connectivity index (χ0) is 16.8. The SMILES string of the molecule is Cc1ccc(C)c(NC(=O)COc2ccc(Cl)cc2/C=N/O)c1. The number of nitrogens with one attached hydrogen (secondary N) is 1. The van der Waals surface area contributed by atoms with Gasteiger partial charge < -0.3 is 15.3 Å². The fraction of sp³-hybridized carbons (Fsp3) is 0.176. The van der Waals surface area contributed by atoms with Crippen LogP contribution < -0.4 is 10.1 Å². The summed E-state index contributed by atoms with van der Waals surface area (Å²) in [4.78, 5) is 12.0. The summed E-state index contributed by atoms with van der Waals surface area (Å²) in [5, 5.41) is 14.9. The molecule has 2 aromatic carbocycles. The first-order valence-electron chi connectivity index (χ1n) is 6.96. The van der Waals surface area contributed by atoms with Crippen molar-refractivity contribution >= 4 is 29.4 Å². The van der Waals surface area contributed by atoms with Crippen molar-refractivity contribution in [2.75, 3.05) is 11.9 Å². The quantitative estimate of drug-likeness (QED) is 0.497. The Balaban J connectivity index is 2.03. The van der Waals surface area contributed by atoms with Crippen LogP contribution in [0, 0.1) is 13.8 Å². The monoisotopic (exact) mass is 332 g/mol. The lowest BCUT2D eigenvalue weighted by Crippen LogP contribution is -2.21. The molecule has 0 saturated carbocycles. The molecule has 0 atom stereocenters. The first-order valence-corrected chi connectivity index (χ1v) is 7.34. The Morgan fingerprint density at radius 3 is 2.83 bits per heavy atom. The Labute approximate surface area is 139 Å². The van der Waals surface area contributed by atoms with Crippen molar-refractivity contribution in [2.24, 2.45) is 5.16 Å². The summed E-state index contributed by atoms with van der Waals surface area (Å²) in [6.07, 6.45) is 1.20. The first-order chi connectivity index (χ1) is 11.0. The lowest BCUT2D eigenvalue weighted by molar-refractivity contribution is -0.118. The molecule has 0 aromatic heterocycles. The third-order valence-electron chi connectivity index (χ3n) is 3.19. The number of halogens is 1. The van der Waals surface area contributed by atoms with E-state index >= 15 is 0 Å². The van der Waals surface area contributed by atoms with E-state index in [4.69, 9.17) is 21.5 Å². The zero-order valence-electron chi connectivity index (χ0n) is 12.8. The highest BCUT2D eigenvalue weighted by molar-refractivity contribution is 6.30. The van der Waals surface area contributed by atoms with E-state index in [2.05, 4.69) is 10.5 Å². The van der Waals surface area contributed by atoms with Crippen LogP contribution in [-0.4, -0.2) is 23.9 Å². The van der Waals surface area contributed by atoms with Crippen LogP contribution in [0.25, 0.3) is 0 Å². The maximum absolute atomic E-state index is 12.0. The van der Waals surface area contributed by atoms with E-state index in [0.717, 1.165) is 16.8 Å². The van der Waals surface area contributed by atoms with Gasteiger partial charge in [0.15, 0.2) is 6.61 Å². The van der Waals surface area contributed by atoms with E-state index in [1.807, 2.05) is 32.0 Å². The number of nitrogens with zero attached hydrogens (tertiary/aromatic N) is 1. The Bertz CT molecular complexity index is 745. The number of ether oxygens (including phenoxy) is 1. The van der Waals surface area contributed by atoms with Gasteiger partial charge in [-0.15, -0.1) is 0 Å². The smallest absolute Gasteiger partial charge is 0.262 e. The highest BCUT2D eigenvalue weighted by Gasteiger charge is 2.09. The third-order valence-corrected chi connectivity index (χ3v) is 3.43. The molecule has 0 spiro atoms. The van der Waals surface area contributed by atoms with Crippen LogP contribution in [0.3, 0.4) is 0 Å². The molecule has 120 valence electrons. The Morgan fingerprint density at radius 1 is 1.30 bits per heavy atom. The van der Waals surface area contributed by atoms with Crippen molar-refractivity contribution in [2.45, 2.75) is 13.8 Å². The van der Waals surface area contributed by atoms with E-state index in [0.29, 0.717) is 16.3 Å². The van der Waals surface area contributed by atoms with Gasteiger partial charge >= 0.3 is 0 Å². The number of oxime groups is 1. The number of hydrogen-bond acceptors (Lipinski definition) is 4. The van der Waals surface area contributed by atoms with Crippen LogP contribution in [0.4, 0.5) is 5.69 Å². The molecule has 23 heavy (non-hydrogen) atoms. The molecule has 0 saturated heterocycles. The largest absolute Gasteiger partial charge is 0.483 e. The summed E-state index contributed by atoms with van der Waals surface area (Å²) in [5.74, 6) is 0.129. The maximum atomic E-state index is 12.0. The minimum Gasteiger partial charge on any atom is -0.483 e. The molecule has 2 rings (SSSR count). The Kier molecular flexibility index (Phi) is 5.60. The fourth-order valence-corrected chi connectivity index (χ4v) is 2.19. The van der Waals surface area contributed by atoms with Crippen molar-refractivity contribution in [3.05, 3.63) is 58.1 Å². The molecule has 0 unspecified atom stereocenters. The van der Waals surface area contributed by atoms with Crippen LogP contribution in [0.5, 0.6) is 5.75 Å². The first kappa shape index (κ1) is 16.8. The van der Waals surface area contributed by atoms with Gasteiger partial charge in [0.1, 0.15) is 5.75 Å². The van der Waals surface area contributed by atoms with E-state index in [1.165, 1.54) is 6.21 Å². The van der Waals surface area contributed by atoms with Gasteiger partial charge in [0.05, 0.1) is 6.21 Å². The van der Waals surface area contributed by atoms with E-state index in [1.54, 1.807) is 18.2 Å². The van der Waals surface area contributed by atoms with Crippen LogP contribution in [-0.2, 0) is 4.79 Å². The normalized spacial score (nSPS) is 10.7. The summed E-state index contributed by atoms with van der Waals surface area (Å²) < 4.78 is 5.48. The van der Waals surface area contributed by atoms with Crippen molar-refractivity contribution < 1.29 is 14.7 Å². The molecule has 6 heteroatoms. The number of aryl methyl sites for hydroxylation is 2. The number of carbonyl (C=O) groups excluding carboxylic acids is 1. The summed E-state index contributed by atoms with van der Waals surface area (Å²) in [5.41, 5.74) is 3.28. The fourth-order valence-electron chi connectivity index (χ4n) is 2.01. The van der Waals surface area contributed by atoms with Crippen molar-refractivity contribution in [3.63, 3.8) is 0 Å². The number of benzene rings is 2. The maximum Gasteiger partial charge on any atom is 0.262 e. The summed E-state index contributed by atoms with van der Waals surface area (Å²) in [7, 11) is 0. The zero-order valence-corrected chi connectivity index (χ0v) is 13.6. The molecule has 5 nitrogen and oxygen atoms in total. The summed E-state index contributed by atoms with van der Waals surface area (Å²) in [6.45, 7) is 3.71. The molecule has 0 radical (unpaired) electrons. The van der Waals surface area contributed by atoms with Gasteiger partial charge in [0.25, 0.3) is 5.91 Å². The van der Waals surface area contributed by atoms with Gasteiger partial charge in [-0.05, 0) is 49.2 Å². The third kappa shape index (κ3) is 4.72. The number of hydrogen-bond donors (Lipinski definition) is 2. The number of amides is 1. The average Bonchev–Trinajstić information content (AvgIpc) is 2.50. The van der Waals surface area contributed by atoms with Crippen molar-refractivity contribution in [1.82, 2.24) is 0 Å². The van der Waals surface area contributed by atoms with Gasteiger partial charge in [-0.3, -0.25) is 4.79 Å². The summed E-state index contributed by atoms with van der Waals surface area (Å²) in [6, 6.07) is 10.7. The second-order valence-corrected chi connectivity index (χ2v) is 5.52. The number of rotatable bonds is 5. The predicted octanol–water partition coefficient (Wildman–Crippen LogP) is 3.78. The molecular weight excluding hydrogens is 316 g/mol. The molecule has 0 heterocycles. The highest BCUT2D eigenvalue weighted by atomic mass is 35.5. The van der Waals surface area contributed by atoms with Gasteiger partial charge in [0.2, 0.25) is 0 Å². The minimum absolute atomic E-state index is 0.165. The highest BCUT2D eigenvalue weighted by Crippen LogP contribution is 2.22. The minimum atomic E-state index is -0.277. The Morgan fingerprint density at radius 2 is 2.09 bits per heavy atom. The van der Waals surface area contributed by atoms with Crippen LogP contribution in [0.1, 0.15) is 16.7 Å². The standard InChI is InChI=1S/C17H17ClN2O3/c1-11-3-4-12(2)15(7-11)20-17(21)10-23-16-6-5-14(18)8-13(16)9-19-22/h3-9,22H,10H2,1-2H3,(H,20,21)/b19-9+. The molecule has 0 bridgehead atoms.